The van der Waals surface area contributed by atoms with Crippen molar-refractivity contribution in [3.63, 3.8) is 0 Å². The highest BCUT2D eigenvalue weighted by molar-refractivity contribution is 7.14. The number of aliphatic hydroxyl groups is 1. The molecule has 0 saturated heterocycles. The summed E-state index contributed by atoms with van der Waals surface area (Å²) >= 11 is 1.29. The van der Waals surface area contributed by atoms with Gasteiger partial charge in [-0.3, -0.25) is 14.8 Å². The first-order valence-corrected chi connectivity index (χ1v) is 6.76. The molecule has 5 nitrogen and oxygen atoms in total. The van der Waals surface area contributed by atoms with Gasteiger partial charge in [-0.25, -0.2) is 0 Å². The Morgan fingerprint density at radius 3 is 2.95 bits per heavy atom. The van der Waals surface area contributed by atoms with E-state index in [4.69, 9.17) is 5.11 Å². The summed E-state index contributed by atoms with van der Waals surface area (Å²) in [6.07, 6.45) is 3.30. The predicted molar refractivity (Wildman–Crippen MR) is 76.2 cm³/mol. The Labute approximate surface area is 120 Å². The summed E-state index contributed by atoms with van der Waals surface area (Å²) in [5.74, 6) is 5.14. The molecule has 2 heterocycles. The van der Waals surface area contributed by atoms with E-state index in [1.165, 1.54) is 11.3 Å². The lowest BCUT2D eigenvalue weighted by Crippen LogP contribution is -2.22. The second-order valence-corrected chi connectivity index (χ2v) is 5.04. The van der Waals surface area contributed by atoms with Crippen LogP contribution in [0.1, 0.15) is 25.9 Å². The molecule has 0 aliphatic carbocycles. The molecule has 0 aliphatic rings. The highest BCUT2D eigenvalue weighted by Crippen LogP contribution is 2.15. The molecule has 2 aromatic rings. The molecule has 6 heteroatoms. The SMILES string of the molecule is Cc1cnc(CNC(=O)c2ccc(C#CCO)s2)cn1. The highest BCUT2D eigenvalue weighted by atomic mass is 32.1. The largest absolute Gasteiger partial charge is 0.384 e. The van der Waals surface area contributed by atoms with Gasteiger partial charge in [-0.1, -0.05) is 11.8 Å². The number of nitrogens with zero attached hydrogens (tertiary/aromatic N) is 2. The lowest BCUT2D eigenvalue weighted by Gasteiger charge is -2.02. The van der Waals surface area contributed by atoms with Crippen molar-refractivity contribution in [1.82, 2.24) is 15.3 Å². The minimum Gasteiger partial charge on any atom is -0.384 e. The maximum absolute atomic E-state index is 11.9. The zero-order chi connectivity index (χ0) is 14.4. The van der Waals surface area contributed by atoms with Gasteiger partial charge in [-0.05, 0) is 19.1 Å². The molecule has 0 saturated carbocycles. The summed E-state index contributed by atoms with van der Waals surface area (Å²) < 4.78 is 0. The average molecular weight is 287 g/mol. The zero-order valence-electron chi connectivity index (χ0n) is 10.9. The van der Waals surface area contributed by atoms with Crippen molar-refractivity contribution >= 4 is 17.2 Å². The van der Waals surface area contributed by atoms with Crippen LogP contribution < -0.4 is 5.32 Å². The number of carbonyl (C=O) groups is 1. The number of carbonyl (C=O) groups excluding carboxylic acids is 1. The lowest BCUT2D eigenvalue weighted by molar-refractivity contribution is 0.0954. The fourth-order valence-corrected chi connectivity index (χ4v) is 2.22. The van der Waals surface area contributed by atoms with Crippen LogP contribution in [-0.4, -0.2) is 27.6 Å². The summed E-state index contributed by atoms with van der Waals surface area (Å²) in [4.78, 5) is 21.5. The third kappa shape index (κ3) is 3.88. The first kappa shape index (κ1) is 14.2. The quantitative estimate of drug-likeness (QED) is 0.830. The molecule has 0 radical (unpaired) electrons. The number of hydrogen-bond donors (Lipinski definition) is 2. The van der Waals surface area contributed by atoms with Gasteiger partial charge in [0.15, 0.2) is 0 Å². The van der Waals surface area contributed by atoms with Crippen molar-refractivity contribution in [3.8, 4) is 11.8 Å². The van der Waals surface area contributed by atoms with Crippen molar-refractivity contribution in [3.05, 3.63) is 45.7 Å². The molecule has 20 heavy (non-hydrogen) atoms. The number of nitrogens with one attached hydrogen (secondary N) is 1. The minimum atomic E-state index is -0.189. The van der Waals surface area contributed by atoms with Crippen molar-refractivity contribution in [2.24, 2.45) is 0 Å². The molecule has 0 unspecified atom stereocenters. The molecule has 0 bridgehead atoms. The van der Waals surface area contributed by atoms with Gasteiger partial charge < -0.3 is 10.4 Å². The van der Waals surface area contributed by atoms with Gasteiger partial charge >= 0.3 is 0 Å². The Hall–Kier alpha value is -2.23. The predicted octanol–water partition coefficient (Wildman–Crippen LogP) is 1.12. The topological polar surface area (TPSA) is 75.1 Å². The van der Waals surface area contributed by atoms with E-state index in [0.717, 1.165) is 10.6 Å². The van der Waals surface area contributed by atoms with Gasteiger partial charge in [0.2, 0.25) is 0 Å². The van der Waals surface area contributed by atoms with Gasteiger partial charge in [0.25, 0.3) is 5.91 Å². The molecule has 0 aliphatic heterocycles. The van der Waals surface area contributed by atoms with E-state index in [0.29, 0.717) is 17.1 Å². The van der Waals surface area contributed by atoms with Gasteiger partial charge in [-0.15, -0.1) is 11.3 Å². The van der Waals surface area contributed by atoms with Crippen molar-refractivity contribution in [1.29, 1.82) is 0 Å². The highest BCUT2D eigenvalue weighted by Gasteiger charge is 2.08. The monoisotopic (exact) mass is 287 g/mol. The minimum absolute atomic E-state index is 0.172. The summed E-state index contributed by atoms with van der Waals surface area (Å²) in [6.45, 7) is 2.00. The second kappa shape index (κ2) is 6.80. The third-order valence-electron chi connectivity index (χ3n) is 2.38. The summed E-state index contributed by atoms with van der Waals surface area (Å²) in [6, 6.07) is 3.47. The van der Waals surface area contributed by atoms with Crippen LogP contribution in [0.3, 0.4) is 0 Å². The molecule has 0 spiro atoms. The molecule has 1 amide bonds. The van der Waals surface area contributed by atoms with E-state index in [9.17, 15) is 4.79 Å². The van der Waals surface area contributed by atoms with E-state index in [1.54, 1.807) is 24.5 Å². The van der Waals surface area contributed by atoms with E-state index in [-0.39, 0.29) is 12.5 Å². The smallest absolute Gasteiger partial charge is 0.261 e. The van der Waals surface area contributed by atoms with Crippen LogP contribution in [0.2, 0.25) is 0 Å². The molecule has 0 atom stereocenters. The lowest BCUT2D eigenvalue weighted by atomic mass is 10.3. The maximum atomic E-state index is 11.9. The molecule has 2 rings (SSSR count). The van der Waals surface area contributed by atoms with Crippen LogP contribution in [0.4, 0.5) is 0 Å². The van der Waals surface area contributed by atoms with Crippen molar-refractivity contribution < 1.29 is 9.90 Å². The molecule has 2 N–H and O–H groups in total. The van der Waals surface area contributed by atoms with E-state index >= 15 is 0 Å². The average Bonchev–Trinajstić information content (AvgIpc) is 2.93. The fraction of sp³-hybridized carbons (Fsp3) is 0.214. The first-order valence-electron chi connectivity index (χ1n) is 5.94. The first-order chi connectivity index (χ1) is 9.69. The molecular weight excluding hydrogens is 274 g/mol. The molecule has 102 valence electrons. The third-order valence-corrected chi connectivity index (χ3v) is 3.38. The van der Waals surface area contributed by atoms with Crippen LogP contribution in [0.25, 0.3) is 0 Å². The number of aryl methyl sites for hydroxylation is 1. The van der Waals surface area contributed by atoms with Gasteiger partial charge in [0.05, 0.1) is 33.9 Å². The number of rotatable bonds is 3. The zero-order valence-corrected chi connectivity index (χ0v) is 11.7. The molecular formula is C14H13N3O2S. The van der Waals surface area contributed by atoms with Crippen LogP contribution >= 0.6 is 11.3 Å². The Kier molecular flexibility index (Phi) is 4.82. The Morgan fingerprint density at radius 2 is 2.25 bits per heavy atom. The van der Waals surface area contributed by atoms with Crippen LogP contribution in [-0.2, 0) is 6.54 Å². The number of aliphatic hydroxyl groups excluding tert-OH is 1. The fourth-order valence-electron chi connectivity index (χ4n) is 1.42. The van der Waals surface area contributed by atoms with Crippen molar-refractivity contribution in [2.75, 3.05) is 6.61 Å². The van der Waals surface area contributed by atoms with Gasteiger partial charge in [0.1, 0.15) is 6.61 Å². The van der Waals surface area contributed by atoms with E-state index < -0.39 is 0 Å². The van der Waals surface area contributed by atoms with Crippen molar-refractivity contribution in [2.45, 2.75) is 13.5 Å². The number of amides is 1. The standard InChI is InChI=1S/C14H13N3O2S/c1-10-7-16-11(8-15-10)9-17-14(19)13-5-4-12(20-13)3-2-6-18/h4-5,7-8,18H,6,9H2,1H3,(H,17,19). The van der Waals surface area contributed by atoms with E-state index in [1.807, 2.05) is 6.92 Å². The molecule has 0 fully saturated rings. The summed E-state index contributed by atoms with van der Waals surface area (Å²) in [5, 5.41) is 11.4. The number of hydrogen-bond acceptors (Lipinski definition) is 5. The summed E-state index contributed by atoms with van der Waals surface area (Å²) in [5.41, 5.74) is 1.55. The molecule has 0 aromatic carbocycles. The second-order valence-electron chi connectivity index (χ2n) is 3.96. The van der Waals surface area contributed by atoms with Crippen LogP contribution in [0, 0.1) is 18.8 Å². The van der Waals surface area contributed by atoms with E-state index in [2.05, 4.69) is 27.1 Å². The summed E-state index contributed by atoms with van der Waals surface area (Å²) in [7, 11) is 0. The normalized spacial score (nSPS) is 9.70. The van der Waals surface area contributed by atoms with Crippen LogP contribution in [0.15, 0.2) is 24.5 Å². The Balaban J connectivity index is 1.94. The van der Waals surface area contributed by atoms with Gasteiger partial charge in [-0.2, -0.15) is 0 Å². The Bertz CT molecular complexity index is 653. The molecule has 2 aromatic heterocycles. The van der Waals surface area contributed by atoms with Gasteiger partial charge in [0, 0.05) is 6.20 Å². The maximum Gasteiger partial charge on any atom is 0.261 e. The number of thiophene rings is 1. The van der Waals surface area contributed by atoms with Crippen LogP contribution in [0.5, 0.6) is 0 Å². The number of aromatic nitrogens is 2. The Morgan fingerprint density at radius 1 is 1.40 bits per heavy atom.